The molecule has 1 aliphatic heterocycles. The van der Waals surface area contributed by atoms with Crippen molar-refractivity contribution in [1.82, 2.24) is 4.90 Å². The number of esters is 2. The first kappa shape index (κ1) is 18.9. The van der Waals surface area contributed by atoms with Crippen LogP contribution in [0, 0.1) is 5.41 Å². The Morgan fingerprint density at radius 1 is 1.15 bits per heavy atom. The van der Waals surface area contributed by atoms with E-state index >= 15 is 0 Å². The van der Waals surface area contributed by atoms with E-state index in [4.69, 9.17) is 13.9 Å². The highest BCUT2D eigenvalue weighted by molar-refractivity contribution is 6.03. The number of hydrogen-bond acceptors (Lipinski definition) is 6. The Hall–Kier alpha value is -2.86. The highest BCUT2D eigenvalue weighted by atomic mass is 16.5. The largest absolute Gasteiger partial charge is 0.468 e. The lowest BCUT2D eigenvalue weighted by Crippen LogP contribution is -2.52. The van der Waals surface area contributed by atoms with Gasteiger partial charge in [0.2, 0.25) is 0 Å². The topological polar surface area (TPSA) is 69.0 Å². The Bertz CT molecular complexity index is 796. The number of ether oxygens (including phenoxy) is 2. The lowest BCUT2D eigenvalue weighted by molar-refractivity contribution is -0.169. The molecule has 2 heterocycles. The van der Waals surface area contributed by atoms with Gasteiger partial charge in [-0.2, -0.15) is 0 Å². The third-order valence-corrected chi connectivity index (χ3v) is 5.11. The van der Waals surface area contributed by atoms with E-state index in [0.29, 0.717) is 24.4 Å². The van der Waals surface area contributed by atoms with Gasteiger partial charge >= 0.3 is 11.9 Å². The summed E-state index contributed by atoms with van der Waals surface area (Å²) in [6.07, 6.45) is 1.73. The smallest absolute Gasteiger partial charge is 0.327 e. The van der Waals surface area contributed by atoms with Crippen molar-refractivity contribution in [3.63, 3.8) is 0 Å². The molecule has 0 radical (unpaired) electrons. The zero-order chi connectivity index (χ0) is 19.4. The molecule has 0 aliphatic carbocycles. The third kappa shape index (κ3) is 3.40. The van der Waals surface area contributed by atoms with Crippen LogP contribution >= 0.6 is 0 Å². The minimum Gasteiger partial charge on any atom is -0.468 e. The van der Waals surface area contributed by atoms with E-state index < -0.39 is 17.4 Å². The summed E-state index contributed by atoms with van der Waals surface area (Å²) in [7, 11) is 2.52. The van der Waals surface area contributed by atoms with Crippen molar-refractivity contribution < 1.29 is 23.5 Å². The fourth-order valence-electron chi connectivity index (χ4n) is 3.69. The summed E-state index contributed by atoms with van der Waals surface area (Å²) >= 11 is 0. The Balaban J connectivity index is 2.00. The number of piperidine rings is 1. The Morgan fingerprint density at radius 2 is 1.81 bits per heavy atom. The Kier molecular flexibility index (Phi) is 5.46. The van der Waals surface area contributed by atoms with Gasteiger partial charge < -0.3 is 13.9 Å². The van der Waals surface area contributed by atoms with Crippen LogP contribution in [0.4, 0.5) is 0 Å². The van der Waals surface area contributed by atoms with Gasteiger partial charge in [0.1, 0.15) is 5.76 Å². The van der Waals surface area contributed by atoms with E-state index in [9.17, 15) is 9.59 Å². The number of hydrogen-bond donors (Lipinski definition) is 0. The highest BCUT2D eigenvalue weighted by Gasteiger charge is 2.56. The van der Waals surface area contributed by atoms with Gasteiger partial charge in [-0.15, -0.1) is 0 Å². The van der Waals surface area contributed by atoms with Gasteiger partial charge in [0.05, 0.1) is 26.5 Å². The fraction of sp³-hybridized carbons (Fsp3) is 0.333. The van der Waals surface area contributed by atoms with E-state index in [2.05, 4.69) is 11.5 Å². The van der Waals surface area contributed by atoms with Gasteiger partial charge in [-0.1, -0.05) is 36.9 Å². The molecule has 2 aromatic rings. The lowest BCUT2D eigenvalue weighted by atomic mass is 9.71. The van der Waals surface area contributed by atoms with Crippen LogP contribution in [0.2, 0.25) is 0 Å². The molecule has 0 saturated carbocycles. The second kappa shape index (κ2) is 7.80. The van der Waals surface area contributed by atoms with Crippen molar-refractivity contribution in [2.75, 3.05) is 20.8 Å². The summed E-state index contributed by atoms with van der Waals surface area (Å²) in [4.78, 5) is 27.4. The van der Waals surface area contributed by atoms with E-state index in [1.165, 1.54) is 14.2 Å². The predicted octanol–water partition coefficient (Wildman–Crippen LogP) is 3.12. The molecule has 1 saturated heterocycles. The average molecular weight is 369 g/mol. The van der Waals surface area contributed by atoms with Crippen LogP contribution in [0.5, 0.6) is 0 Å². The molecule has 1 aliphatic rings. The molecule has 1 atom stereocenters. The average Bonchev–Trinajstić information content (AvgIpc) is 3.22. The zero-order valence-corrected chi connectivity index (χ0v) is 15.5. The molecule has 0 amide bonds. The summed E-state index contributed by atoms with van der Waals surface area (Å²) in [6, 6.07) is 13.3. The van der Waals surface area contributed by atoms with Gasteiger partial charge in [-0.25, -0.2) is 0 Å². The van der Waals surface area contributed by atoms with Gasteiger partial charge in [-0.05, 0) is 23.3 Å². The van der Waals surface area contributed by atoms with Gasteiger partial charge in [0, 0.05) is 19.5 Å². The van der Waals surface area contributed by atoms with Gasteiger partial charge in [0.15, 0.2) is 5.41 Å². The number of carbonyl (C=O) groups excluding carboxylic acids is 2. The summed E-state index contributed by atoms with van der Waals surface area (Å²) in [5.41, 5.74) is 0.0270. The summed E-state index contributed by atoms with van der Waals surface area (Å²) in [5, 5.41) is 0. The quantitative estimate of drug-likeness (QED) is 0.458. The van der Waals surface area contributed by atoms with Crippen molar-refractivity contribution in [2.45, 2.75) is 19.0 Å². The van der Waals surface area contributed by atoms with Crippen molar-refractivity contribution >= 4 is 11.9 Å². The molecular formula is C21H23NO5. The maximum atomic E-state index is 12.6. The number of nitrogens with zero attached hydrogens (tertiary/aromatic N) is 1. The molecular weight excluding hydrogens is 346 g/mol. The Labute approximate surface area is 158 Å². The minimum atomic E-state index is -1.55. The standard InChI is InChI=1S/C21H23NO5/c1-15-13-22(14-16-8-5-4-6-9-16)17(18-10-7-11-27-18)12-21(15,19(23)25-2)20(24)26-3/h4-11,17H,1,12-14H2,2-3H3/t17-/m1/s1. The molecule has 1 aromatic carbocycles. The van der Waals surface area contributed by atoms with Crippen molar-refractivity contribution in [2.24, 2.45) is 5.41 Å². The summed E-state index contributed by atoms with van der Waals surface area (Å²) < 4.78 is 15.5. The molecule has 0 N–H and O–H groups in total. The molecule has 6 nitrogen and oxygen atoms in total. The van der Waals surface area contributed by atoms with Crippen LogP contribution in [-0.2, 0) is 25.6 Å². The molecule has 1 fully saturated rings. The lowest BCUT2D eigenvalue weighted by Gasteiger charge is -2.44. The number of rotatable bonds is 5. The van der Waals surface area contributed by atoms with E-state index in [1.54, 1.807) is 12.3 Å². The first-order chi connectivity index (χ1) is 13.0. The molecule has 27 heavy (non-hydrogen) atoms. The van der Waals surface area contributed by atoms with Crippen molar-refractivity contribution in [1.29, 1.82) is 0 Å². The highest BCUT2D eigenvalue weighted by Crippen LogP contribution is 2.46. The van der Waals surface area contributed by atoms with Gasteiger partial charge in [-0.3, -0.25) is 14.5 Å². The maximum Gasteiger partial charge on any atom is 0.327 e. The second-order valence-electron chi connectivity index (χ2n) is 6.62. The van der Waals surface area contributed by atoms with Crippen LogP contribution in [0.15, 0.2) is 65.3 Å². The van der Waals surface area contributed by atoms with Crippen molar-refractivity contribution in [3.8, 4) is 0 Å². The van der Waals surface area contributed by atoms with Gasteiger partial charge in [0.25, 0.3) is 0 Å². The maximum absolute atomic E-state index is 12.6. The summed E-state index contributed by atoms with van der Waals surface area (Å²) in [5.74, 6) is -0.638. The van der Waals surface area contributed by atoms with Crippen molar-refractivity contribution in [3.05, 3.63) is 72.2 Å². The van der Waals surface area contributed by atoms with E-state index in [0.717, 1.165) is 5.56 Å². The minimum absolute atomic E-state index is 0.144. The van der Waals surface area contributed by atoms with Crippen LogP contribution in [0.25, 0.3) is 0 Å². The van der Waals surface area contributed by atoms with E-state index in [1.807, 2.05) is 36.4 Å². The van der Waals surface area contributed by atoms with Crippen LogP contribution in [0.3, 0.4) is 0 Å². The zero-order valence-electron chi connectivity index (χ0n) is 15.5. The third-order valence-electron chi connectivity index (χ3n) is 5.11. The van der Waals surface area contributed by atoms with E-state index in [-0.39, 0.29) is 12.5 Å². The first-order valence-corrected chi connectivity index (χ1v) is 8.69. The molecule has 142 valence electrons. The second-order valence-corrected chi connectivity index (χ2v) is 6.62. The molecule has 0 unspecified atom stereocenters. The molecule has 1 aromatic heterocycles. The SMILES string of the molecule is C=C1CN(Cc2ccccc2)[C@@H](c2ccco2)CC1(C(=O)OC)C(=O)OC. The number of furan rings is 1. The molecule has 0 spiro atoms. The number of likely N-dealkylation sites (tertiary alicyclic amines) is 1. The molecule has 3 rings (SSSR count). The van der Waals surface area contributed by atoms with Crippen LogP contribution < -0.4 is 0 Å². The fourth-order valence-corrected chi connectivity index (χ4v) is 3.69. The van der Waals surface area contributed by atoms with Crippen LogP contribution in [-0.4, -0.2) is 37.6 Å². The number of carbonyl (C=O) groups is 2. The monoisotopic (exact) mass is 369 g/mol. The molecule has 0 bridgehead atoms. The summed E-state index contributed by atoms with van der Waals surface area (Å²) in [6.45, 7) is 5.01. The normalized spacial score (nSPS) is 19.5. The molecule has 6 heteroatoms. The number of benzene rings is 1. The Morgan fingerprint density at radius 3 is 2.37 bits per heavy atom. The van der Waals surface area contributed by atoms with Crippen LogP contribution in [0.1, 0.15) is 23.8 Å². The first-order valence-electron chi connectivity index (χ1n) is 8.69. The predicted molar refractivity (Wildman–Crippen MR) is 98.5 cm³/mol. The number of methoxy groups -OCH3 is 2.